The van der Waals surface area contributed by atoms with Gasteiger partial charge < -0.3 is 9.73 Å². The lowest BCUT2D eigenvalue weighted by molar-refractivity contribution is 0.516. The van der Waals surface area contributed by atoms with E-state index in [0.29, 0.717) is 12.5 Å². The van der Waals surface area contributed by atoms with Crippen LogP contribution in [0.2, 0.25) is 0 Å². The van der Waals surface area contributed by atoms with Crippen molar-refractivity contribution in [2.24, 2.45) is 0 Å². The van der Waals surface area contributed by atoms with Crippen LogP contribution in [0.3, 0.4) is 0 Å². The van der Waals surface area contributed by atoms with E-state index in [0.717, 1.165) is 10.2 Å². The molecule has 0 bridgehead atoms. The molecule has 0 atom stereocenters. The van der Waals surface area contributed by atoms with E-state index in [-0.39, 0.29) is 0 Å². The molecule has 0 aliphatic carbocycles. The zero-order valence-electron chi connectivity index (χ0n) is 7.27. The maximum absolute atomic E-state index is 5.22. The first-order valence-corrected chi connectivity index (χ1v) is 4.88. The summed E-state index contributed by atoms with van der Waals surface area (Å²) in [6.07, 6.45) is 5.02. The zero-order valence-corrected chi connectivity index (χ0v) is 8.86. The van der Waals surface area contributed by atoms with Gasteiger partial charge in [-0.1, -0.05) is 0 Å². The van der Waals surface area contributed by atoms with Gasteiger partial charge in [-0.25, -0.2) is 9.97 Å². The minimum absolute atomic E-state index is 0.579. The van der Waals surface area contributed by atoms with E-state index in [9.17, 15) is 0 Å². The first-order valence-electron chi connectivity index (χ1n) is 4.08. The van der Waals surface area contributed by atoms with Crippen LogP contribution in [0.25, 0.3) is 0 Å². The highest BCUT2D eigenvalue weighted by Crippen LogP contribution is 2.14. The number of halogens is 1. The molecule has 0 unspecified atom stereocenters. The van der Waals surface area contributed by atoms with E-state index >= 15 is 0 Å². The Labute approximate surface area is 89.5 Å². The Hall–Kier alpha value is -1.36. The average molecular weight is 254 g/mol. The highest BCUT2D eigenvalue weighted by atomic mass is 79.9. The number of hydrogen-bond acceptors (Lipinski definition) is 4. The lowest BCUT2D eigenvalue weighted by Gasteiger charge is -1.99. The molecule has 5 heteroatoms. The topological polar surface area (TPSA) is 51.0 Å². The van der Waals surface area contributed by atoms with Gasteiger partial charge in [0.1, 0.15) is 12.0 Å². The van der Waals surface area contributed by atoms with E-state index in [1.807, 2.05) is 6.07 Å². The Morgan fingerprint density at radius 3 is 2.79 bits per heavy atom. The molecule has 0 fully saturated rings. The summed E-state index contributed by atoms with van der Waals surface area (Å²) < 4.78 is 6.15. The number of aromatic nitrogens is 2. The summed E-state index contributed by atoms with van der Waals surface area (Å²) >= 11 is 3.31. The smallest absolute Gasteiger partial charge is 0.222 e. The third kappa shape index (κ3) is 2.32. The average Bonchev–Trinajstić information content (AvgIpc) is 2.63. The van der Waals surface area contributed by atoms with Gasteiger partial charge in [0.25, 0.3) is 0 Å². The summed E-state index contributed by atoms with van der Waals surface area (Å²) in [7, 11) is 0. The van der Waals surface area contributed by atoms with E-state index < -0.39 is 0 Å². The van der Waals surface area contributed by atoms with Crippen LogP contribution in [0.5, 0.6) is 0 Å². The van der Waals surface area contributed by atoms with Gasteiger partial charge >= 0.3 is 0 Å². The Morgan fingerprint density at radius 2 is 2.14 bits per heavy atom. The molecule has 0 radical (unpaired) electrons. The van der Waals surface area contributed by atoms with Crippen molar-refractivity contribution in [2.45, 2.75) is 6.54 Å². The first-order chi connectivity index (χ1) is 6.84. The van der Waals surface area contributed by atoms with Crippen LogP contribution < -0.4 is 5.32 Å². The molecule has 0 saturated heterocycles. The zero-order chi connectivity index (χ0) is 9.80. The minimum atomic E-state index is 0.579. The SMILES string of the molecule is Brc1coc(CNc2ncccn2)c1. The van der Waals surface area contributed by atoms with Gasteiger partial charge in [0.05, 0.1) is 11.0 Å². The Morgan fingerprint density at radius 1 is 1.36 bits per heavy atom. The molecule has 2 rings (SSSR count). The highest BCUT2D eigenvalue weighted by molar-refractivity contribution is 9.10. The monoisotopic (exact) mass is 253 g/mol. The molecule has 0 amide bonds. The van der Waals surface area contributed by atoms with Gasteiger partial charge in [0, 0.05) is 12.4 Å². The third-order valence-corrected chi connectivity index (χ3v) is 2.02. The summed E-state index contributed by atoms with van der Waals surface area (Å²) in [4.78, 5) is 8.05. The molecule has 14 heavy (non-hydrogen) atoms. The van der Waals surface area contributed by atoms with Crippen LogP contribution in [-0.2, 0) is 6.54 Å². The molecule has 72 valence electrons. The van der Waals surface area contributed by atoms with Crippen molar-refractivity contribution in [3.8, 4) is 0 Å². The summed E-state index contributed by atoms with van der Waals surface area (Å²) in [5, 5.41) is 3.04. The van der Waals surface area contributed by atoms with E-state index in [1.54, 1.807) is 24.7 Å². The van der Waals surface area contributed by atoms with Crippen molar-refractivity contribution in [2.75, 3.05) is 5.32 Å². The number of hydrogen-bond donors (Lipinski definition) is 1. The van der Waals surface area contributed by atoms with Crippen molar-refractivity contribution < 1.29 is 4.42 Å². The quantitative estimate of drug-likeness (QED) is 0.913. The predicted octanol–water partition coefficient (Wildman–Crippen LogP) is 2.44. The fourth-order valence-electron chi connectivity index (χ4n) is 1.00. The molecule has 4 nitrogen and oxygen atoms in total. The lowest BCUT2D eigenvalue weighted by atomic mass is 10.4. The summed E-state index contributed by atoms with van der Waals surface area (Å²) in [6.45, 7) is 0.579. The third-order valence-electron chi connectivity index (χ3n) is 1.61. The summed E-state index contributed by atoms with van der Waals surface area (Å²) in [5.41, 5.74) is 0. The molecule has 1 N–H and O–H groups in total. The van der Waals surface area contributed by atoms with Gasteiger partial charge in [-0.15, -0.1) is 0 Å². The molecular weight excluding hydrogens is 246 g/mol. The van der Waals surface area contributed by atoms with Crippen molar-refractivity contribution in [3.05, 3.63) is 41.0 Å². The van der Waals surface area contributed by atoms with Crippen LogP contribution in [0.15, 0.2) is 39.7 Å². The number of anilines is 1. The van der Waals surface area contributed by atoms with Crippen molar-refractivity contribution in [3.63, 3.8) is 0 Å². The number of furan rings is 1. The molecule has 0 saturated carbocycles. The van der Waals surface area contributed by atoms with E-state index in [2.05, 4.69) is 31.2 Å². The van der Waals surface area contributed by atoms with Crippen molar-refractivity contribution in [1.82, 2.24) is 9.97 Å². The molecule has 0 aliphatic heterocycles. The number of nitrogens with zero attached hydrogens (tertiary/aromatic N) is 2. The van der Waals surface area contributed by atoms with E-state index in [4.69, 9.17) is 4.42 Å². The van der Waals surface area contributed by atoms with Crippen LogP contribution >= 0.6 is 15.9 Å². The molecular formula is C9H8BrN3O. The molecule has 0 aromatic carbocycles. The van der Waals surface area contributed by atoms with Crippen LogP contribution in [0.1, 0.15) is 5.76 Å². The first kappa shape index (κ1) is 9.21. The fraction of sp³-hybridized carbons (Fsp3) is 0.111. The van der Waals surface area contributed by atoms with Gasteiger partial charge in [-0.05, 0) is 28.1 Å². The van der Waals surface area contributed by atoms with Gasteiger partial charge in [0.2, 0.25) is 5.95 Å². The number of rotatable bonds is 3. The predicted molar refractivity (Wildman–Crippen MR) is 55.8 cm³/mol. The maximum atomic E-state index is 5.22. The Bertz CT molecular complexity index is 401. The molecule has 0 aliphatic rings. The Balaban J connectivity index is 1.95. The van der Waals surface area contributed by atoms with Crippen LogP contribution in [0.4, 0.5) is 5.95 Å². The van der Waals surface area contributed by atoms with Gasteiger partial charge in [-0.2, -0.15) is 0 Å². The van der Waals surface area contributed by atoms with E-state index in [1.165, 1.54) is 0 Å². The summed E-state index contributed by atoms with van der Waals surface area (Å²) in [5.74, 6) is 1.43. The highest BCUT2D eigenvalue weighted by Gasteiger charge is 1.99. The van der Waals surface area contributed by atoms with Gasteiger partial charge in [-0.3, -0.25) is 0 Å². The lowest BCUT2D eigenvalue weighted by Crippen LogP contribution is -2.01. The van der Waals surface area contributed by atoms with Crippen LogP contribution in [0, 0.1) is 0 Å². The fourth-order valence-corrected chi connectivity index (χ4v) is 1.35. The standard InChI is InChI=1S/C9H8BrN3O/c10-7-4-8(14-6-7)5-13-9-11-2-1-3-12-9/h1-4,6H,5H2,(H,11,12,13). The summed E-state index contributed by atoms with van der Waals surface area (Å²) in [6, 6.07) is 3.67. The molecule has 0 spiro atoms. The largest absolute Gasteiger partial charge is 0.466 e. The number of nitrogens with one attached hydrogen (secondary N) is 1. The second kappa shape index (κ2) is 4.23. The van der Waals surface area contributed by atoms with Crippen molar-refractivity contribution in [1.29, 1.82) is 0 Å². The normalized spacial score (nSPS) is 10.1. The second-order valence-electron chi connectivity index (χ2n) is 2.66. The Kier molecular flexibility index (Phi) is 2.78. The molecule has 2 heterocycles. The minimum Gasteiger partial charge on any atom is -0.466 e. The van der Waals surface area contributed by atoms with Crippen LogP contribution in [-0.4, -0.2) is 9.97 Å². The molecule has 2 aromatic heterocycles. The second-order valence-corrected chi connectivity index (χ2v) is 3.57. The molecule has 2 aromatic rings. The maximum Gasteiger partial charge on any atom is 0.222 e. The van der Waals surface area contributed by atoms with Gasteiger partial charge in [0.15, 0.2) is 0 Å². The van der Waals surface area contributed by atoms with Crippen molar-refractivity contribution >= 4 is 21.9 Å².